The largest absolute Gasteiger partial charge is 0.468 e. The molecule has 0 rings (SSSR count). The Morgan fingerprint density at radius 3 is 2.08 bits per heavy atom. The van der Waals surface area contributed by atoms with Crippen LogP contribution >= 0.6 is 0 Å². The Morgan fingerprint density at radius 1 is 1.25 bits per heavy atom. The quantitative estimate of drug-likeness (QED) is 0.375. The van der Waals surface area contributed by atoms with E-state index in [-0.39, 0.29) is 11.5 Å². The maximum Gasteiger partial charge on any atom is 0.359 e. The molecule has 1 N–H and O–H groups in total. The van der Waals surface area contributed by atoms with Gasteiger partial charge in [0.15, 0.2) is 0 Å². The van der Waals surface area contributed by atoms with E-state index in [0.717, 1.165) is 0 Å². The predicted octanol–water partition coefficient (Wildman–Crippen LogP) is 0.188. The fourth-order valence-electron chi connectivity index (χ4n) is 0.642. The predicted molar refractivity (Wildman–Crippen MR) is 41.9 cm³/mol. The molecular weight excluding hydrogens is 162 g/mol. The van der Waals surface area contributed by atoms with E-state index in [9.17, 15) is 4.79 Å². The van der Waals surface area contributed by atoms with Crippen LogP contribution < -0.4 is 5.48 Å². The standard InChI is InChI=1S/C7H13NO4/c1-5(6(9)12-8-2)7(10-3)11-4/h8H,1-4H3. The number of hydroxylamine groups is 1. The highest BCUT2D eigenvalue weighted by atomic mass is 16.7. The van der Waals surface area contributed by atoms with Gasteiger partial charge in [-0.2, -0.15) is 5.48 Å². The molecule has 0 fully saturated rings. The van der Waals surface area contributed by atoms with Crippen molar-refractivity contribution < 1.29 is 19.1 Å². The number of nitrogens with one attached hydrogen (secondary N) is 1. The number of methoxy groups -OCH3 is 2. The van der Waals surface area contributed by atoms with Crippen molar-refractivity contribution in [2.24, 2.45) is 0 Å². The van der Waals surface area contributed by atoms with Crippen LogP contribution in [0.5, 0.6) is 0 Å². The van der Waals surface area contributed by atoms with E-state index in [4.69, 9.17) is 9.47 Å². The average molecular weight is 175 g/mol. The molecule has 5 nitrogen and oxygen atoms in total. The van der Waals surface area contributed by atoms with Crippen molar-refractivity contribution in [3.8, 4) is 0 Å². The van der Waals surface area contributed by atoms with Gasteiger partial charge < -0.3 is 14.3 Å². The summed E-state index contributed by atoms with van der Waals surface area (Å²) in [5, 5.41) is 0. The molecule has 0 heterocycles. The van der Waals surface area contributed by atoms with Gasteiger partial charge >= 0.3 is 5.97 Å². The van der Waals surface area contributed by atoms with Crippen molar-refractivity contribution in [2.45, 2.75) is 6.92 Å². The number of hydrogen-bond donors (Lipinski definition) is 1. The summed E-state index contributed by atoms with van der Waals surface area (Å²) in [4.78, 5) is 15.5. The van der Waals surface area contributed by atoms with Gasteiger partial charge in [-0.1, -0.05) is 0 Å². The molecule has 0 aliphatic carbocycles. The van der Waals surface area contributed by atoms with Gasteiger partial charge in [-0.15, -0.1) is 0 Å². The lowest BCUT2D eigenvalue weighted by molar-refractivity contribution is -0.145. The number of hydrogen-bond acceptors (Lipinski definition) is 5. The minimum atomic E-state index is -0.531. The highest BCUT2D eigenvalue weighted by molar-refractivity contribution is 5.87. The second-order valence-corrected chi connectivity index (χ2v) is 1.91. The fourth-order valence-corrected chi connectivity index (χ4v) is 0.642. The van der Waals surface area contributed by atoms with Crippen molar-refractivity contribution >= 4 is 5.97 Å². The molecule has 0 aromatic carbocycles. The second kappa shape index (κ2) is 5.42. The first-order valence-corrected chi connectivity index (χ1v) is 3.34. The summed E-state index contributed by atoms with van der Waals surface area (Å²) < 4.78 is 9.52. The third-order valence-corrected chi connectivity index (χ3v) is 1.18. The molecule has 0 saturated heterocycles. The summed E-state index contributed by atoms with van der Waals surface area (Å²) in [6, 6.07) is 0. The van der Waals surface area contributed by atoms with Crippen LogP contribution in [0.4, 0.5) is 0 Å². The maximum atomic E-state index is 11.0. The molecule has 0 aliphatic heterocycles. The number of rotatable bonds is 4. The lowest BCUT2D eigenvalue weighted by Gasteiger charge is -2.07. The van der Waals surface area contributed by atoms with Crippen molar-refractivity contribution in [3.63, 3.8) is 0 Å². The summed E-state index contributed by atoms with van der Waals surface area (Å²) >= 11 is 0. The normalized spacial score (nSPS) is 8.67. The molecule has 12 heavy (non-hydrogen) atoms. The summed E-state index contributed by atoms with van der Waals surface area (Å²) in [5.74, 6) is -0.383. The van der Waals surface area contributed by atoms with Crippen LogP contribution in [0.2, 0.25) is 0 Å². The van der Waals surface area contributed by atoms with Crippen LogP contribution in [0.1, 0.15) is 6.92 Å². The molecule has 0 aliphatic rings. The highest BCUT2D eigenvalue weighted by Gasteiger charge is 2.13. The third-order valence-electron chi connectivity index (χ3n) is 1.18. The van der Waals surface area contributed by atoms with Gasteiger partial charge in [0.1, 0.15) is 5.57 Å². The zero-order chi connectivity index (χ0) is 9.56. The molecule has 0 radical (unpaired) electrons. The first-order chi connectivity index (χ1) is 5.67. The van der Waals surface area contributed by atoms with Crippen molar-refractivity contribution in [3.05, 3.63) is 11.5 Å². The maximum absolute atomic E-state index is 11.0. The first kappa shape index (κ1) is 10.8. The smallest absolute Gasteiger partial charge is 0.359 e. The van der Waals surface area contributed by atoms with Crippen LogP contribution in [-0.4, -0.2) is 27.2 Å². The molecule has 0 spiro atoms. The molecule has 0 aromatic rings. The Balaban J connectivity index is 4.39. The van der Waals surface area contributed by atoms with Crippen LogP contribution in [0.25, 0.3) is 0 Å². The van der Waals surface area contributed by atoms with Crippen molar-refractivity contribution in [1.29, 1.82) is 0 Å². The average Bonchev–Trinajstić information content (AvgIpc) is 2.07. The summed E-state index contributed by atoms with van der Waals surface area (Å²) in [7, 11) is 4.31. The van der Waals surface area contributed by atoms with E-state index in [1.807, 2.05) is 0 Å². The molecule has 0 bridgehead atoms. The molecule has 70 valence electrons. The zero-order valence-electron chi connectivity index (χ0n) is 7.63. The van der Waals surface area contributed by atoms with E-state index < -0.39 is 5.97 Å². The van der Waals surface area contributed by atoms with Crippen LogP contribution in [0.3, 0.4) is 0 Å². The van der Waals surface area contributed by atoms with E-state index in [1.165, 1.54) is 21.3 Å². The Bertz CT molecular complexity index is 182. The number of ether oxygens (including phenoxy) is 2. The lowest BCUT2D eigenvalue weighted by atomic mass is 10.3. The molecule has 0 amide bonds. The highest BCUT2D eigenvalue weighted by Crippen LogP contribution is 2.06. The Kier molecular flexibility index (Phi) is 4.87. The lowest BCUT2D eigenvalue weighted by Crippen LogP contribution is -2.17. The van der Waals surface area contributed by atoms with Gasteiger partial charge in [-0.3, -0.25) is 0 Å². The second-order valence-electron chi connectivity index (χ2n) is 1.91. The summed E-state index contributed by atoms with van der Waals surface area (Å²) in [6.07, 6.45) is 0. The van der Waals surface area contributed by atoms with Crippen LogP contribution in [0, 0.1) is 0 Å². The van der Waals surface area contributed by atoms with Gasteiger partial charge in [0, 0.05) is 7.05 Å². The molecule has 0 atom stereocenters. The molecule has 0 saturated carbocycles. The molecule has 5 heteroatoms. The topological polar surface area (TPSA) is 56.8 Å². The molecule has 0 aromatic heterocycles. The van der Waals surface area contributed by atoms with E-state index in [1.54, 1.807) is 6.92 Å². The Morgan fingerprint density at radius 2 is 1.75 bits per heavy atom. The SMILES string of the molecule is CNOC(=O)C(C)=C(OC)OC. The van der Waals surface area contributed by atoms with E-state index >= 15 is 0 Å². The van der Waals surface area contributed by atoms with Crippen LogP contribution in [0.15, 0.2) is 11.5 Å². The van der Waals surface area contributed by atoms with Gasteiger partial charge in [-0.05, 0) is 6.92 Å². The Labute approximate surface area is 71.2 Å². The molecular formula is C7H13NO4. The van der Waals surface area contributed by atoms with Gasteiger partial charge in [0.2, 0.25) is 0 Å². The minimum absolute atomic E-state index is 0.148. The van der Waals surface area contributed by atoms with Crippen molar-refractivity contribution in [2.75, 3.05) is 21.3 Å². The zero-order valence-corrected chi connectivity index (χ0v) is 7.63. The summed E-state index contributed by atoms with van der Waals surface area (Å²) in [6.45, 7) is 1.54. The first-order valence-electron chi connectivity index (χ1n) is 3.34. The third kappa shape index (κ3) is 2.79. The number of carbonyl (C=O) groups excluding carboxylic acids is 1. The minimum Gasteiger partial charge on any atom is -0.468 e. The van der Waals surface area contributed by atoms with Gasteiger partial charge in [-0.25, -0.2) is 4.79 Å². The Hall–Kier alpha value is -1.23. The number of carbonyl (C=O) groups is 1. The van der Waals surface area contributed by atoms with Crippen molar-refractivity contribution in [1.82, 2.24) is 5.48 Å². The van der Waals surface area contributed by atoms with Gasteiger partial charge in [0.25, 0.3) is 5.95 Å². The monoisotopic (exact) mass is 175 g/mol. The van der Waals surface area contributed by atoms with E-state index in [0.29, 0.717) is 0 Å². The van der Waals surface area contributed by atoms with Crippen LogP contribution in [-0.2, 0) is 19.1 Å². The molecule has 0 unspecified atom stereocenters. The van der Waals surface area contributed by atoms with E-state index in [2.05, 4.69) is 10.3 Å². The fraction of sp³-hybridized carbons (Fsp3) is 0.571. The summed E-state index contributed by atoms with van der Waals surface area (Å²) in [5.41, 5.74) is 2.53. The van der Waals surface area contributed by atoms with Gasteiger partial charge in [0.05, 0.1) is 14.2 Å².